The van der Waals surface area contributed by atoms with Gasteiger partial charge in [-0.25, -0.2) is 0 Å². The number of amides is 2. The number of hydrogen-bond donors (Lipinski definition) is 2. The monoisotopic (exact) mass is 444 g/mol. The number of aryl methyl sites for hydroxylation is 1. The van der Waals surface area contributed by atoms with E-state index in [2.05, 4.69) is 10.6 Å². The SMILES string of the molecule is CCC(C)C(=O)COCC(=O)Nc1ccc(CCC(=O)NCCC(=O)C2(C)CCC2)cc1. The molecular formula is C25H36N2O5. The summed E-state index contributed by atoms with van der Waals surface area (Å²) in [6.07, 6.45) is 5.10. The van der Waals surface area contributed by atoms with Crippen molar-refractivity contribution in [2.45, 2.75) is 65.7 Å². The lowest BCUT2D eigenvalue weighted by molar-refractivity contribution is -0.132. The van der Waals surface area contributed by atoms with Gasteiger partial charge in [0.05, 0.1) is 0 Å². The van der Waals surface area contributed by atoms with Gasteiger partial charge in [0.2, 0.25) is 11.8 Å². The molecule has 1 aliphatic carbocycles. The van der Waals surface area contributed by atoms with Gasteiger partial charge in [0.15, 0.2) is 5.78 Å². The van der Waals surface area contributed by atoms with Gasteiger partial charge in [-0.15, -0.1) is 0 Å². The molecule has 1 saturated carbocycles. The van der Waals surface area contributed by atoms with Gasteiger partial charge < -0.3 is 15.4 Å². The van der Waals surface area contributed by atoms with Gasteiger partial charge in [-0.2, -0.15) is 0 Å². The molecule has 1 aromatic carbocycles. The van der Waals surface area contributed by atoms with Crippen LogP contribution in [0.3, 0.4) is 0 Å². The smallest absolute Gasteiger partial charge is 0.250 e. The summed E-state index contributed by atoms with van der Waals surface area (Å²) in [7, 11) is 0. The van der Waals surface area contributed by atoms with Crippen LogP contribution in [0.1, 0.15) is 64.9 Å². The highest BCUT2D eigenvalue weighted by atomic mass is 16.5. The Bertz CT molecular complexity index is 799. The minimum absolute atomic E-state index is 0.00654. The zero-order chi connectivity index (χ0) is 23.6. The Hall–Kier alpha value is -2.54. The van der Waals surface area contributed by atoms with Crippen LogP contribution in [0.5, 0.6) is 0 Å². The second-order valence-corrected chi connectivity index (χ2v) is 8.95. The molecule has 0 saturated heterocycles. The third-order valence-electron chi connectivity index (χ3n) is 6.32. The summed E-state index contributed by atoms with van der Waals surface area (Å²) in [5, 5.41) is 5.55. The van der Waals surface area contributed by atoms with Crippen molar-refractivity contribution < 1.29 is 23.9 Å². The van der Waals surface area contributed by atoms with Crippen LogP contribution < -0.4 is 10.6 Å². The van der Waals surface area contributed by atoms with Crippen LogP contribution in [0.25, 0.3) is 0 Å². The van der Waals surface area contributed by atoms with Gasteiger partial charge in [-0.1, -0.05) is 39.3 Å². The van der Waals surface area contributed by atoms with Crippen LogP contribution in [0, 0.1) is 11.3 Å². The topological polar surface area (TPSA) is 102 Å². The van der Waals surface area contributed by atoms with E-state index in [4.69, 9.17) is 4.74 Å². The van der Waals surface area contributed by atoms with E-state index in [1.807, 2.05) is 32.9 Å². The molecule has 0 aliphatic heterocycles. The average Bonchev–Trinajstić information content (AvgIpc) is 2.76. The summed E-state index contributed by atoms with van der Waals surface area (Å²) in [5.41, 5.74) is 1.44. The van der Waals surface area contributed by atoms with E-state index in [9.17, 15) is 19.2 Å². The van der Waals surface area contributed by atoms with Crippen LogP contribution in [-0.4, -0.2) is 43.1 Å². The fraction of sp³-hybridized carbons (Fsp3) is 0.600. The maximum Gasteiger partial charge on any atom is 0.250 e. The Labute approximate surface area is 190 Å². The lowest BCUT2D eigenvalue weighted by Crippen LogP contribution is -2.37. The van der Waals surface area contributed by atoms with Crippen molar-refractivity contribution in [2.75, 3.05) is 25.1 Å². The van der Waals surface area contributed by atoms with E-state index in [0.29, 0.717) is 31.5 Å². The van der Waals surface area contributed by atoms with Crippen LogP contribution in [0.2, 0.25) is 0 Å². The third kappa shape index (κ3) is 8.19. The predicted molar refractivity (Wildman–Crippen MR) is 123 cm³/mol. The Morgan fingerprint density at radius 1 is 1.03 bits per heavy atom. The van der Waals surface area contributed by atoms with Crippen LogP contribution in [0.15, 0.2) is 24.3 Å². The standard InChI is InChI=1S/C25H36N2O5/c1-4-18(2)21(28)16-32-17-24(31)27-20-9-6-19(7-10-20)8-11-23(30)26-15-12-22(29)25(3)13-5-14-25/h6-7,9-10,18H,4-5,8,11-17H2,1-3H3,(H,26,30)(H,27,31). The Morgan fingerprint density at radius 3 is 2.31 bits per heavy atom. The molecule has 0 radical (unpaired) electrons. The fourth-order valence-electron chi connectivity index (χ4n) is 3.52. The van der Waals surface area contributed by atoms with Crippen molar-refractivity contribution in [3.8, 4) is 0 Å². The first-order valence-electron chi connectivity index (χ1n) is 11.5. The zero-order valence-electron chi connectivity index (χ0n) is 19.5. The number of ether oxygens (including phenoxy) is 1. The van der Waals surface area contributed by atoms with Crippen LogP contribution >= 0.6 is 0 Å². The van der Waals surface area contributed by atoms with Gasteiger partial charge in [0.25, 0.3) is 0 Å². The number of anilines is 1. The third-order valence-corrected chi connectivity index (χ3v) is 6.32. The van der Waals surface area contributed by atoms with Gasteiger partial charge in [0.1, 0.15) is 19.0 Å². The van der Waals surface area contributed by atoms with Crippen molar-refractivity contribution >= 4 is 29.1 Å². The molecule has 32 heavy (non-hydrogen) atoms. The Balaban J connectivity index is 1.62. The molecule has 2 N–H and O–H groups in total. The highest BCUT2D eigenvalue weighted by molar-refractivity contribution is 5.92. The van der Waals surface area contributed by atoms with Crippen LogP contribution in [-0.2, 0) is 30.3 Å². The molecule has 176 valence electrons. The van der Waals surface area contributed by atoms with E-state index >= 15 is 0 Å². The van der Waals surface area contributed by atoms with Gasteiger partial charge in [0, 0.05) is 36.4 Å². The number of carbonyl (C=O) groups excluding carboxylic acids is 4. The number of rotatable bonds is 14. The van der Waals surface area contributed by atoms with Gasteiger partial charge in [-0.05, 0) is 43.4 Å². The molecule has 0 aromatic heterocycles. The number of benzene rings is 1. The summed E-state index contributed by atoms with van der Waals surface area (Å²) >= 11 is 0. The molecule has 0 bridgehead atoms. The molecular weight excluding hydrogens is 408 g/mol. The lowest BCUT2D eigenvalue weighted by Gasteiger charge is -2.36. The van der Waals surface area contributed by atoms with E-state index in [1.54, 1.807) is 12.1 Å². The van der Waals surface area contributed by atoms with Crippen molar-refractivity contribution in [3.05, 3.63) is 29.8 Å². The summed E-state index contributed by atoms with van der Waals surface area (Å²) in [4.78, 5) is 47.8. The summed E-state index contributed by atoms with van der Waals surface area (Å²) < 4.78 is 5.19. The molecule has 1 fully saturated rings. The maximum absolute atomic E-state index is 12.1. The Morgan fingerprint density at radius 2 is 1.72 bits per heavy atom. The molecule has 0 spiro atoms. The number of ketones is 2. The first-order chi connectivity index (χ1) is 15.2. The summed E-state index contributed by atoms with van der Waals surface area (Å²) in [6.45, 7) is 5.94. The Kier molecular flexibility index (Phi) is 10.0. The number of hydrogen-bond acceptors (Lipinski definition) is 5. The molecule has 1 atom stereocenters. The molecule has 1 aliphatic rings. The average molecular weight is 445 g/mol. The molecule has 7 nitrogen and oxygen atoms in total. The zero-order valence-corrected chi connectivity index (χ0v) is 19.5. The lowest BCUT2D eigenvalue weighted by atomic mass is 9.67. The van der Waals surface area contributed by atoms with Crippen molar-refractivity contribution in [3.63, 3.8) is 0 Å². The second kappa shape index (κ2) is 12.5. The second-order valence-electron chi connectivity index (χ2n) is 8.95. The van der Waals surface area contributed by atoms with Crippen LogP contribution in [0.4, 0.5) is 5.69 Å². The summed E-state index contributed by atoms with van der Waals surface area (Å²) in [6, 6.07) is 7.26. The normalized spacial score (nSPS) is 15.3. The van der Waals surface area contributed by atoms with E-state index in [-0.39, 0.29) is 47.9 Å². The van der Waals surface area contributed by atoms with Gasteiger partial charge >= 0.3 is 0 Å². The molecule has 0 heterocycles. The quantitative estimate of drug-likeness (QED) is 0.458. The van der Waals surface area contributed by atoms with Crippen molar-refractivity contribution in [1.82, 2.24) is 5.32 Å². The number of carbonyl (C=O) groups is 4. The first-order valence-corrected chi connectivity index (χ1v) is 11.5. The number of nitrogens with one attached hydrogen (secondary N) is 2. The predicted octanol–water partition coefficient (Wildman–Crippen LogP) is 3.46. The summed E-state index contributed by atoms with van der Waals surface area (Å²) in [5.74, 6) is -0.217. The number of Topliss-reactive ketones (excluding diaryl/α,β-unsaturated/α-hetero) is 2. The minimum atomic E-state index is -0.320. The minimum Gasteiger partial charge on any atom is -0.364 e. The van der Waals surface area contributed by atoms with Crippen molar-refractivity contribution in [1.29, 1.82) is 0 Å². The van der Waals surface area contributed by atoms with E-state index in [1.165, 1.54) is 0 Å². The molecule has 1 aromatic rings. The van der Waals surface area contributed by atoms with E-state index < -0.39 is 0 Å². The van der Waals surface area contributed by atoms with Gasteiger partial charge in [-0.3, -0.25) is 19.2 Å². The first kappa shape index (κ1) is 25.7. The highest BCUT2D eigenvalue weighted by Crippen LogP contribution is 2.41. The fourth-order valence-corrected chi connectivity index (χ4v) is 3.52. The van der Waals surface area contributed by atoms with Crippen molar-refractivity contribution in [2.24, 2.45) is 11.3 Å². The molecule has 2 rings (SSSR count). The molecule has 2 amide bonds. The van der Waals surface area contributed by atoms with E-state index in [0.717, 1.165) is 31.2 Å². The highest BCUT2D eigenvalue weighted by Gasteiger charge is 2.38. The largest absolute Gasteiger partial charge is 0.364 e. The molecule has 7 heteroatoms. The molecule has 1 unspecified atom stereocenters. The maximum atomic E-state index is 12.1.